The number of aromatic nitrogens is 1. The van der Waals surface area contributed by atoms with E-state index in [0.717, 1.165) is 36.3 Å². The van der Waals surface area contributed by atoms with Crippen molar-refractivity contribution in [1.82, 2.24) is 15.2 Å². The Kier molecular flexibility index (Phi) is 4.06. The Morgan fingerprint density at radius 3 is 2.81 bits per heavy atom. The summed E-state index contributed by atoms with van der Waals surface area (Å²) >= 11 is 1.65. The highest BCUT2D eigenvalue weighted by atomic mass is 32.1. The molecule has 1 aliphatic heterocycles. The van der Waals surface area contributed by atoms with Gasteiger partial charge < -0.3 is 5.32 Å². The molecule has 1 saturated carbocycles. The quantitative estimate of drug-likeness (QED) is 0.928. The molecule has 5 heteroatoms. The molecule has 1 saturated heterocycles. The maximum absolute atomic E-state index is 12.2. The first-order chi connectivity index (χ1) is 9.91. The fourth-order valence-electron chi connectivity index (χ4n) is 2.85. The van der Waals surface area contributed by atoms with E-state index in [-0.39, 0.29) is 11.3 Å². The van der Waals surface area contributed by atoms with Crippen LogP contribution in [0.15, 0.2) is 5.38 Å². The van der Waals surface area contributed by atoms with E-state index in [2.05, 4.69) is 36.0 Å². The zero-order valence-corrected chi connectivity index (χ0v) is 14.0. The van der Waals surface area contributed by atoms with Crippen molar-refractivity contribution in [3.05, 3.63) is 16.1 Å². The number of carbonyl (C=O) groups excluding carboxylic acids is 1. The van der Waals surface area contributed by atoms with E-state index in [9.17, 15) is 4.79 Å². The van der Waals surface area contributed by atoms with Crippen LogP contribution in [0.1, 0.15) is 50.7 Å². The molecule has 0 aromatic carbocycles. The standard InChI is InChI=1S/C16H25N3OS/c1-16(2,3)15-18-12(10-21-15)8-14(20)17-11-6-7-19(9-11)13-4-5-13/h10-11,13H,4-9H2,1-3H3,(H,17,20)/t11-/m1/s1. The third kappa shape index (κ3) is 3.83. The molecule has 0 radical (unpaired) electrons. The van der Waals surface area contributed by atoms with E-state index in [1.165, 1.54) is 12.8 Å². The maximum atomic E-state index is 12.2. The molecule has 1 N–H and O–H groups in total. The van der Waals surface area contributed by atoms with Gasteiger partial charge in [0, 0.05) is 36.0 Å². The fraction of sp³-hybridized carbons (Fsp3) is 0.750. The second kappa shape index (κ2) is 5.69. The summed E-state index contributed by atoms with van der Waals surface area (Å²) in [6.07, 6.45) is 4.18. The Balaban J connectivity index is 1.49. The minimum absolute atomic E-state index is 0.0651. The number of carbonyl (C=O) groups is 1. The number of hydrogen-bond donors (Lipinski definition) is 1. The van der Waals surface area contributed by atoms with Gasteiger partial charge in [0.25, 0.3) is 0 Å². The van der Waals surface area contributed by atoms with Crippen LogP contribution in [0.4, 0.5) is 0 Å². The summed E-state index contributed by atoms with van der Waals surface area (Å²) in [5.41, 5.74) is 0.967. The van der Waals surface area contributed by atoms with Gasteiger partial charge in [-0.25, -0.2) is 4.98 Å². The lowest BCUT2D eigenvalue weighted by Gasteiger charge is -2.15. The summed E-state index contributed by atoms with van der Waals surface area (Å²) in [7, 11) is 0. The Hall–Kier alpha value is -0.940. The van der Waals surface area contributed by atoms with Crippen LogP contribution >= 0.6 is 11.3 Å². The molecule has 1 aromatic rings. The van der Waals surface area contributed by atoms with Crippen molar-refractivity contribution in [3.63, 3.8) is 0 Å². The fourth-order valence-corrected chi connectivity index (χ4v) is 3.76. The van der Waals surface area contributed by atoms with E-state index in [1.807, 2.05) is 5.38 Å². The minimum atomic E-state index is 0.0651. The van der Waals surface area contributed by atoms with Gasteiger partial charge in [-0.15, -0.1) is 11.3 Å². The van der Waals surface area contributed by atoms with Gasteiger partial charge in [-0.05, 0) is 19.3 Å². The number of nitrogens with zero attached hydrogens (tertiary/aromatic N) is 2. The van der Waals surface area contributed by atoms with E-state index >= 15 is 0 Å². The van der Waals surface area contributed by atoms with Gasteiger partial charge in [0.1, 0.15) is 0 Å². The maximum Gasteiger partial charge on any atom is 0.226 e. The van der Waals surface area contributed by atoms with Gasteiger partial charge in [0.2, 0.25) is 5.91 Å². The number of thiazole rings is 1. The lowest BCUT2D eigenvalue weighted by atomic mass is 9.98. The third-order valence-electron chi connectivity index (χ3n) is 4.18. The van der Waals surface area contributed by atoms with Crippen LogP contribution in [0, 0.1) is 0 Å². The van der Waals surface area contributed by atoms with Crippen molar-refractivity contribution in [3.8, 4) is 0 Å². The molecule has 1 atom stereocenters. The summed E-state index contributed by atoms with van der Waals surface area (Å²) in [5.74, 6) is 0.114. The van der Waals surface area contributed by atoms with Crippen molar-refractivity contribution in [2.24, 2.45) is 0 Å². The molecule has 0 unspecified atom stereocenters. The lowest BCUT2D eigenvalue weighted by Crippen LogP contribution is -2.38. The van der Waals surface area contributed by atoms with Crippen molar-refractivity contribution < 1.29 is 4.79 Å². The van der Waals surface area contributed by atoms with Crippen LogP contribution in [-0.4, -0.2) is 41.0 Å². The zero-order valence-electron chi connectivity index (χ0n) is 13.2. The van der Waals surface area contributed by atoms with Crippen LogP contribution in [0.2, 0.25) is 0 Å². The van der Waals surface area contributed by atoms with Crippen molar-refractivity contribution in [2.45, 2.75) is 64.0 Å². The van der Waals surface area contributed by atoms with E-state index in [4.69, 9.17) is 0 Å². The highest BCUT2D eigenvalue weighted by molar-refractivity contribution is 7.09. The number of rotatable bonds is 4. The van der Waals surface area contributed by atoms with E-state index in [0.29, 0.717) is 12.5 Å². The number of likely N-dealkylation sites (tertiary alicyclic amines) is 1. The molecule has 116 valence electrons. The van der Waals surface area contributed by atoms with Crippen LogP contribution in [0.5, 0.6) is 0 Å². The highest BCUT2D eigenvalue weighted by Crippen LogP contribution is 2.30. The SMILES string of the molecule is CC(C)(C)c1nc(CC(=O)N[C@@H]2CCN(C3CC3)C2)cs1. The molecule has 0 spiro atoms. The first-order valence-corrected chi connectivity index (χ1v) is 8.78. The zero-order chi connectivity index (χ0) is 15.0. The normalized spacial score (nSPS) is 23.5. The van der Waals surface area contributed by atoms with Gasteiger partial charge in [0.05, 0.1) is 17.1 Å². The van der Waals surface area contributed by atoms with Gasteiger partial charge in [-0.1, -0.05) is 20.8 Å². The molecule has 3 rings (SSSR count). The number of amides is 1. The Labute approximate surface area is 130 Å². The molecule has 2 heterocycles. The molecular formula is C16H25N3OS. The molecule has 2 aliphatic rings. The van der Waals surface area contributed by atoms with Gasteiger partial charge in [0.15, 0.2) is 0 Å². The Morgan fingerprint density at radius 1 is 1.43 bits per heavy atom. The second-order valence-electron chi connectivity index (χ2n) is 7.35. The number of nitrogens with one attached hydrogen (secondary N) is 1. The van der Waals surface area contributed by atoms with E-state index in [1.54, 1.807) is 11.3 Å². The predicted molar refractivity (Wildman–Crippen MR) is 85.7 cm³/mol. The van der Waals surface area contributed by atoms with Crippen molar-refractivity contribution in [1.29, 1.82) is 0 Å². The molecular weight excluding hydrogens is 282 g/mol. The summed E-state index contributed by atoms with van der Waals surface area (Å²) in [6, 6.07) is 1.14. The van der Waals surface area contributed by atoms with Crippen molar-refractivity contribution >= 4 is 17.2 Å². The van der Waals surface area contributed by atoms with Crippen LogP contribution in [0.25, 0.3) is 0 Å². The second-order valence-corrected chi connectivity index (χ2v) is 8.21. The number of hydrogen-bond acceptors (Lipinski definition) is 4. The lowest BCUT2D eigenvalue weighted by molar-refractivity contribution is -0.121. The first-order valence-electron chi connectivity index (χ1n) is 7.90. The molecule has 1 aliphatic carbocycles. The minimum Gasteiger partial charge on any atom is -0.352 e. The molecule has 4 nitrogen and oxygen atoms in total. The van der Waals surface area contributed by atoms with Gasteiger partial charge in [-0.3, -0.25) is 9.69 Å². The average Bonchev–Trinajstić information content (AvgIpc) is 2.94. The molecule has 21 heavy (non-hydrogen) atoms. The van der Waals surface area contributed by atoms with E-state index < -0.39 is 0 Å². The van der Waals surface area contributed by atoms with Crippen LogP contribution in [-0.2, 0) is 16.6 Å². The summed E-state index contributed by atoms with van der Waals surface area (Å²) in [4.78, 5) is 19.3. The summed E-state index contributed by atoms with van der Waals surface area (Å²) < 4.78 is 0. The Morgan fingerprint density at radius 2 is 2.19 bits per heavy atom. The largest absolute Gasteiger partial charge is 0.352 e. The average molecular weight is 307 g/mol. The Bertz CT molecular complexity index is 516. The summed E-state index contributed by atoms with van der Waals surface area (Å²) in [5, 5.41) is 6.29. The van der Waals surface area contributed by atoms with Crippen LogP contribution < -0.4 is 5.32 Å². The highest BCUT2D eigenvalue weighted by Gasteiger charge is 2.34. The monoisotopic (exact) mass is 307 g/mol. The predicted octanol–water partition coefficient (Wildman–Crippen LogP) is 2.34. The van der Waals surface area contributed by atoms with Gasteiger partial charge >= 0.3 is 0 Å². The van der Waals surface area contributed by atoms with Crippen molar-refractivity contribution in [2.75, 3.05) is 13.1 Å². The van der Waals surface area contributed by atoms with Crippen LogP contribution in [0.3, 0.4) is 0 Å². The topological polar surface area (TPSA) is 45.2 Å². The summed E-state index contributed by atoms with van der Waals surface area (Å²) in [6.45, 7) is 8.63. The first kappa shape index (κ1) is 15.0. The third-order valence-corrected chi connectivity index (χ3v) is 5.50. The van der Waals surface area contributed by atoms with Gasteiger partial charge in [-0.2, -0.15) is 0 Å². The molecule has 2 fully saturated rings. The smallest absolute Gasteiger partial charge is 0.226 e. The molecule has 1 aromatic heterocycles. The molecule has 1 amide bonds. The molecule has 0 bridgehead atoms.